The quantitative estimate of drug-likeness (QED) is 0.927. The second-order valence-electron chi connectivity index (χ2n) is 6.50. The fraction of sp³-hybridized carbons (Fsp3) is 0.688. The standard InChI is InChI=1S/C16H22N2O3/c1-10(14-3-2-8-20-14)18(11-4-5-11)16(19)17-13-9-12-6-7-15(13)21-12/h2-3,8,10-13,15H,4-7,9H2,1H3,(H,17,19)/t10-,12-,13-,15-/m1/s1. The Hall–Kier alpha value is -1.49. The molecule has 5 heteroatoms. The van der Waals surface area contributed by atoms with E-state index in [1.807, 2.05) is 24.0 Å². The Morgan fingerprint density at radius 3 is 2.81 bits per heavy atom. The molecule has 4 rings (SSSR count). The summed E-state index contributed by atoms with van der Waals surface area (Å²) in [5, 5.41) is 3.19. The Balaban J connectivity index is 1.45. The molecule has 1 aromatic heterocycles. The van der Waals surface area contributed by atoms with E-state index in [9.17, 15) is 4.79 Å². The number of fused-ring (bicyclic) bond motifs is 2. The molecule has 114 valence electrons. The van der Waals surface area contributed by atoms with Gasteiger partial charge in [-0.3, -0.25) is 0 Å². The zero-order chi connectivity index (χ0) is 14.4. The number of rotatable bonds is 4. The van der Waals surface area contributed by atoms with E-state index in [0.29, 0.717) is 12.1 Å². The molecule has 3 heterocycles. The summed E-state index contributed by atoms with van der Waals surface area (Å²) in [6, 6.07) is 4.35. The van der Waals surface area contributed by atoms with Crippen LogP contribution in [-0.2, 0) is 4.74 Å². The molecule has 0 radical (unpaired) electrons. The fourth-order valence-corrected chi connectivity index (χ4v) is 3.70. The molecule has 1 aromatic rings. The predicted octanol–water partition coefficient (Wildman–Crippen LogP) is 2.83. The Morgan fingerprint density at radius 1 is 1.38 bits per heavy atom. The van der Waals surface area contributed by atoms with Gasteiger partial charge < -0.3 is 19.4 Å². The first-order valence-corrected chi connectivity index (χ1v) is 8.00. The Kier molecular flexibility index (Phi) is 3.17. The van der Waals surface area contributed by atoms with E-state index in [4.69, 9.17) is 9.15 Å². The van der Waals surface area contributed by atoms with E-state index in [1.165, 1.54) is 0 Å². The van der Waals surface area contributed by atoms with Crippen molar-refractivity contribution in [1.29, 1.82) is 0 Å². The Morgan fingerprint density at radius 2 is 2.24 bits per heavy atom. The van der Waals surface area contributed by atoms with Gasteiger partial charge in [0.15, 0.2) is 0 Å². The van der Waals surface area contributed by atoms with Crippen molar-refractivity contribution in [2.45, 2.75) is 69.4 Å². The van der Waals surface area contributed by atoms with Gasteiger partial charge in [-0.25, -0.2) is 4.79 Å². The maximum absolute atomic E-state index is 12.7. The molecule has 0 spiro atoms. The number of ether oxygens (including phenoxy) is 1. The lowest BCUT2D eigenvalue weighted by molar-refractivity contribution is 0.0958. The van der Waals surface area contributed by atoms with E-state index in [-0.39, 0.29) is 24.2 Å². The number of carbonyl (C=O) groups excluding carboxylic acids is 1. The molecule has 0 unspecified atom stereocenters. The average Bonchev–Trinajstić information content (AvgIpc) is 2.94. The summed E-state index contributed by atoms with van der Waals surface area (Å²) in [5.74, 6) is 0.848. The van der Waals surface area contributed by atoms with E-state index in [2.05, 4.69) is 5.32 Å². The normalized spacial score (nSPS) is 32.1. The van der Waals surface area contributed by atoms with Gasteiger partial charge in [0.1, 0.15) is 5.76 Å². The number of carbonyl (C=O) groups is 1. The summed E-state index contributed by atoms with van der Waals surface area (Å²) in [6.45, 7) is 2.04. The zero-order valence-electron chi connectivity index (χ0n) is 12.3. The highest BCUT2D eigenvalue weighted by Crippen LogP contribution is 2.37. The summed E-state index contributed by atoms with van der Waals surface area (Å²) >= 11 is 0. The first-order valence-electron chi connectivity index (χ1n) is 8.00. The molecule has 4 atom stereocenters. The van der Waals surface area contributed by atoms with Crippen LogP contribution in [0.2, 0.25) is 0 Å². The van der Waals surface area contributed by atoms with Gasteiger partial charge in [0, 0.05) is 6.04 Å². The summed E-state index contributed by atoms with van der Waals surface area (Å²) in [7, 11) is 0. The van der Waals surface area contributed by atoms with Crippen LogP contribution in [0.1, 0.15) is 50.8 Å². The lowest BCUT2D eigenvalue weighted by Crippen LogP contribution is -2.49. The van der Waals surface area contributed by atoms with E-state index in [1.54, 1.807) is 6.26 Å². The molecular weight excluding hydrogens is 268 g/mol. The van der Waals surface area contributed by atoms with Crippen LogP contribution in [0.3, 0.4) is 0 Å². The molecule has 2 amide bonds. The summed E-state index contributed by atoms with van der Waals surface area (Å²) < 4.78 is 11.3. The van der Waals surface area contributed by atoms with Crippen molar-refractivity contribution < 1.29 is 13.9 Å². The first-order chi connectivity index (χ1) is 10.2. The van der Waals surface area contributed by atoms with Crippen LogP contribution in [-0.4, -0.2) is 35.2 Å². The van der Waals surface area contributed by atoms with Crippen molar-refractivity contribution in [3.63, 3.8) is 0 Å². The summed E-state index contributed by atoms with van der Waals surface area (Å²) in [4.78, 5) is 14.7. The molecule has 1 aliphatic carbocycles. The third-order valence-electron chi connectivity index (χ3n) is 4.96. The van der Waals surface area contributed by atoms with E-state index < -0.39 is 0 Å². The number of hydrogen-bond donors (Lipinski definition) is 1. The number of hydrogen-bond acceptors (Lipinski definition) is 3. The molecule has 3 aliphatic rings. The molecule has 3 fully saturated rings. The summed E-state index contributed by atoms with van der Waals surface area (Å²) in [5.41, 5.74) is 0. The molecule has 1 saturated carbocycles. The third-order valence-corrected chi connectivity index (χ3v) is 4.96. The molecule has 2 saturated heterocycles. The molecule has 2 bridgehead atoms. The lowest BCUT2D eigenvalue weighted by Gasteiger charge is -2.31. The van der Waals surface area contributed by atoms with Gasteiger partial charge in [0.25, 0.3) is 0 Å². The maximum atomic E-state index is 12.7. The number of nitrogens with one attached hydrogen (secondary N) is 1. The summed E-state index contributed by atoms with van der Waals surface area (Å²) in [6.07, 6.45) is 7.61. The molecule has 1 N–H and O–H groups in total. The van der Waals surface area contributed by atoms with Gasteiger partial charge in [-0.05, 0) is 51.2 Å². The molecule has 0 aromatic carbocycles. The van der Waals surface area contributed by atoms with Crippen LogP contribution in [0.4, 0.5) is 4.79 Å². The molecular formula is C16H22N2O3. The number of nitrogens with zero attached hydrogens (tertiary/aromatic N) is 1. The van der Waals surface area contributed by atoms with Crippen LogP contribution < -0.4 is 5.32 Å². The fourth-order valence-electron chi connectivity index (χ4n) is 3.70. The van der Waals surface area contributed by atoms with Crippen LogP contribution in [0.15, 0.2) is 22.8 Å². The predicted molar refractivity (Wildman–Crippen MR) is 76.8 cm³/mol. The van der Waals surface area contributed by atoms with Crippen molar-refractivity contribution in [3.05, 3.63) is 24.2 Å². The first kappa shape index (κ1) is 13.2. The maximum Gasteiger partial charge on any atom is 0.318 e. The van der Waals surface area contributed by atoms with Crippen LogP contribution >= 0.6 is 0 Å². The highest BCUT2D eigenvalue weighted by molar-refractivity contribution is 5.76. The Labute approximate surface area is 124 Å². The van der Waals surface area contributed by atoms with Crippen molar-refractivity contribution >= 4 is 6.03 Å². The van der Waals surface area contributed by atoms with Crippen LogP contribution in [0.5, 0.6) is 0 Å². The Bertz CT molecular complexity index is 512. The van der Waals surface area contributed by atoms with Crippen molar-refractivity contribution in [2.24, 2.45) is 0 Å². The SMILES string of the molecule is C[C@H](c1ccco1)N(C(=O)N[C@@H]1C[C@H]2CC[C@H]1O2)C1CC1. The van der Waals surface area contributed by atoms with Gasteiger partial charge in [-0.1, -0.05) is 0 Å². The monoisotopic (exact) mass is 290 g/mol. The van der Waals surface area contributed by atoms with Gasteiger partial charge in [0.05, 0.1) is 30.6 Å². The smallest absolute Gasteiger partial charge is 0.318 e. The third kappa shape index (κ3) is 2.44. The number of urea groups is 1. The lowest BCUT2D eigenvalue weighted by atomic mass is 9.96. The minimum absolute atomic E-state index is 0.0213. The highest BCUT2D eigenvalue weighted by Gasteiger charge is 2.44. The largest absolute Gasteiger partial charge is 0.467 e. The highest BCUT2D eigenvalue weighted by atomic mass is 16.5. The van der Waals surface area contributed by atoms with Crippen molar-refractivity contribution in [3.8, 4) is 0 Å². The van der Waals surface area contributed by atoms with Gasteiger partial charge in [-0.2, -0.15) is 0 Å². The van der Waals surface area contributed by atoms with Gasteiger partial charge in [-0.15, -0.1) is 0 Å². The van der Waals surface area contributed by atoms with Crippen LogP contribution in [0.25, 0.3) is 0 Å². The van der Waals surface area contributed by atoms with E-state index >= 15 is 0 Å². The van der Waals surface area contributed by atoms with Crippen molar-refractivity contribution in [1.82, 2.24) is 10.2 Å². The molecule has 2 aliphatic heterocycles. The van der Waals surface area contributed by atoms with Gasteiger partial charge >= 0.3 is 6.03 Å². The number of amides is 2. The topological polar surface area (TPSA) is 54.7 Å². The molecule has 5 nitrogen and oxygen atoms in total. The zero-order valence-corrected chi connectivity index (χ0v) is 12.3. The van der Waals surface area contributed by atoms with Gasteiger partial charge in [0.2, 0.25) is 0 Å². The average molecular weight is 290 g/mol. The van der Waals surface area contributed by atoms with Crippen molar-refractivity contribution in [2.75, 3.05) is 0 Å². The minimum Gasteiger partial charge on any atom is -0.467 e. The second kappa shape index (κ2) is 5.05. The van der Waals surface area contributed by atoms with Crippen LogP contribution in [0, 0.1) is 0 Å². The van der Waals surface area contributed by atoms with E-state index in [0.717, 1.165) is 37.9 Å². The second-order valence-corrected chi connectivity index (χ2v) is 6.50. The minimum atomic E-state index is -0.0213. The molecule has 21 heavy (non-hydrogen) atoms. The number of furan rings is 1.